The molecular weight excluding hydrogens is 240 g/mol. The van der Waals surface area contributed by atoms with Gasteiger partial charge in [0, 0.05) is 4.47 Å². The molecule has 0 bridgehead atoms. The van der Waals surface area contributed by atoms with Crippen LogP contribution >= 0.6 is 15.9 Å². The van der Waals surface area contributed by atoms with E-state index in [9.17, 15) is 5.11 Å². The largest absolute Gasteiger partial charge is 0.388 e. The molecule has 0 aliphatic rings. The number of aliphatic hydroxyl groups excluding tert-OH is 1. The van der Waals surface area contributed by atoms with E-state index in [4.69, 9.17) is 0 Å². The lowest BCUT2D eigenvalue weighted by atomic mass is 9.94. The summed E-state index contributed by atoms with van der Waals surface area (Å²) in [5.41, 5.74) is 2.18. The van der Waals surface area contributed by atoms with E-state index in [0.717, 1.165) is 16.5 Å². The van der Waals surface area contributed by atoms with Crippen molar-refractivity contribution in [2.75, 3.05) is 0 Å². The minimum absolute atomic E-state index is 0.309. The summed E-state index contributed by atoms with van der Waals surface area (Å²) in [5.74, 6) is 0.309. The van der Waals surface area contributed by atoms with Gasteiger partial charge in [0.05, 0.1) is 6.10 Å². The molecular formula is C12H17BrO. The van der Waals surface area contributed by atoms with Crippen LogP contribution in [0.3, 0.4) is 0 Å². The van der Waals surface area contributed by atoms with Gasteiger partial charge >= 0.3 is 0 Å². The highest BCUT2D eigenvalue weighted by molar-refractivity contribution is 9.10. The van der Waals surface area contributed by atoms with E-state index in [-0.39, 0.29) is 6.10 Å². The topological polar surface area (TPSA) is 20.2 Å². The van der Waals surface area contributed by atoms with Gasteiger partial charge in [-0.2, -0.15) is 0 Å². The van der Waals surface area contributed by atoms with Gasteiger partial charge in [-0.15, -0.1) is 0 Å². The molecule has 14 heavy (non-hydrogen) atoms. The molecule has 0 heterocycles. The van der Waals surface area contributed by atoms with E-state index in [1.807, 2.05) is 25.1 Å². The molecule has 0 saturated carbocycles. The molecule has 1 rings (SSSR count). The quantitative estimate of drug-likeness (QED) is 0.872. The molecule has 0 aliphatic carbocycles. The van der Waals surface area contributed by atoms with E-state index in [1.165, 1.54) is 5.56 Å². The highest BCUT2D eigenvalue weighted by atomic mass is 79.9. The van der Waals surface area contributed by atoms with E-state index >= 15 is 0 Å². The van der Waals surface area contributed by atoms with Gasteiger partial charge in [0.25, 0.3) is 0 Å². The van der Waals surface area contributed by atoms with Crippen molar-refractivity contribution in [2.45, 2.75) is 33.3 Å². The zero-order valence-corrected chi connectivity index (χ0v) is 10.5. The lowest BCUT2D eigenvalue weighted by Crippen LogP contribution is -2.08. The summed E-state index contributed by atoms with van der Waals surface area (Å²) < 4.78 is 1.04. The summed E-state index contributed by atoms with van der Waals surface area (Å²) in [6.45, 7) is 6.21. The number of hydrogen-bond acceptors (Lipinski definition) is 1. The number of aliphatic hydroxyl groups is 1. The van der Waals surface area contributed by atoms with Crippen molar-refractivity contribution in [3.63, 3.8) is 0 Å². The summed E-state index contributed by atoms with van der Waals surface area (Å²) in [6.07, 6.45) is 0.642. The van der Waals surface area contributed by atoms with Crippen LogP contribution in [-0.4, -0.2) is 5.11 Å². The van der Waals surface area contributed by atoms with Gasteiger partial charge in [-0.3, -0.25) is 0 Å². The van der Waals surface area contributed by atoms with E-state index < -0.39 is 0 Å². The van der Waals surface area contributed by atoms with E-state index in [1.54, 1.807) is 0 Å². The second-order valence-corrected chi connectivity index (χ2v) is 4.81. The number of halogens is 1. The molecule has 0 fully saturated rings. The minimum atomic E-state index is -0.351. The summed E-state index contributed by atoms with van der Waals surface area (Å²) in [6, 6.07) is 6.08. The van der Waals surface area contributed by atoms with Crippen LogP contribution in [0.1, 0.15) is 37.5 Å². The van der Waals surface area contributed by atoms with Crippen LogP contribution in [0, 0.1) is 12.8 Å². The van der Waals surface area contributed by atoms with E-state index in [2.05, 4.69) is 29.8 Å². The van der Waals surface area contributed by atoms with Crippen molar-refractivity contribution in [1.82, 2.24) is 0 Å². The molecule has 2 unspecified atom stereocenters. The average molecular weight is 257 g/mol. The number of rotatable bonds is 3. The first kappa shape index (κ1) is 11.7. The van der Waals surface area contributed by atoms with Crippen LogP contribution in [0.2, 0.25) is 0 Å². The summed E-state index contributed by atoms with van der Waals surface area (Å²) >= 11 is 3.44. The monoisotopic (exact) mass is 256 g/mol. The van der Waals surface area contributed by atoms with Crippen LogP contribution in [-0.2, 0) is 0 Å². The Morgan fingerprint density at radius 1 is 1.36 bits per heavy atom. The van der Waals surface area contributed by atoms with Crippen LogP contribution in [0.5, 0.6) is 0 Å². The highest BCUT2D eigenvalue weighted by Gasteiger charge is 2.14. The first-order valence-electron chi connectivity index (χ1n) is 4.99. The fourth-order valence-electron chi connectivity index (χ4n) is 1.49. The second-order valence-electron chi connectivity index (χ2n) is 3.89. The fraction of sp³-hybridized carbons (Fsp3) is 0.500. The molecule has 0 aromatic heterocycles. The SMILES string of the molecule is CCC(C)C(O)c1cc(C)cc(Br)c1. The maximum absolute atomic E-state index is 10.0. The Morgan fingerprint density at radius 3 is 2.50 bits per heavy atom. The first-order chi connectivity index (χ1) is 6.54. The predicted molar refractivity (Wildman–Crippen MR) is 63.3 cm³/mol. The summed E-state index contributed by atoms with van der Waals surface area (Å²) in [4.78, 5) is 0. The van der Waals surface area contributed by atoms with Gasteiger partial charge in [0.1, 0.15) is 0 Å². The summed E-state index contributed by atoms with van der Waals surface area (Å²) in [5, 5.41) is 10.0. The number of aryl methyl sites for hydroxylation is 1. The third kappa shape index (κ3) is 2.82. The molecule has 0 radical (unpaired) electrons. The Labute approximate surface area is 94.3 Å². The van der Waals surface area contributed by atoms with Gasteiger partial charge in [-0.05, 0) is 36.1 Å². The molecule has 0 saturated heterocycles. The Bertz CT molecular complexity index is 289. The molecule has 1 nitrogen and oxygen atoms in total. The third-order valence-corrected chi connectivity index (χ3v) is 3.05. The van der Waals surface area contributed by atoms with Crippen molar-refractivity contribution in [3.05, 3.63) is 33.8 Å². The molecule has 0 spiro atoms. The Morgan fingerprint density at radius 2 is 2.00 bits per heavy atom. The lowest BCUT2D eigenvalue weighted by molar-refractivity contribution is 0.115. The van der Waals surface area contributed by atoms with Crippen molar-refractivity contribution in [2.24, 2.45) is 5.92 Å². The first-order valence-corrected chi connectivity index (χ1v) is 5.79. The molecule has 1 N–H and O–H groups in total. The summed E-state index contributed by atoms with van der Waals surface area (Å²) in [7, 11) is 0. The van der Waals surface area contributed by atoms with Crippen LogP contribution in [0.15, 0.2) is 22.7 Å². The van der Waals surface area contributed by atoms with Crippen molar-refractivity contribution >= 4 is 15.9 Å². The van der Waals surface area contributed by atoms with Gasteiger partial charge < -0.3 is 5.11 Å². The molecule has 0 amide bonds. The standard InChI is InChI=1S/C12H17BrO/c1-4-9(3)12(14)10-5-8(2)6-11(13)7-10/h5-7,9,12,14H,4H2,1-3H3. The zero-order chi connectivity index (χ0) is 10.7. The van der Waals surface area contributed by atoms with Gasteiger partial charge in [-0.1, -0.05) is 42.3 Å². The van der Waals surface area contributed by atoms with Gasteiger partial charge in [0.15, 0.2) is 0 Å². The van der Waals surface area contributed by atoms with Crippen molar-refractivity contribution in [1.29, 1.82) is 0 Å². The predicted octanol–water partition coefficient (Wildman–Crippen LogP) is 3.84. The number of benzene rings is 1. The zero-order valence-electron chi connectivity index (χ0n) is 8.92. The molecule has 1 aromatic carbocycles. The molecule has 1 aromatic rings. The van der Waals surface area contributed by atoms with Crippen LogP contribution in [0.4, 0.5) is 0 Å². The maximum atomic E-state index is 10.0. The molecule has 2 heteroatoms. The highest BCUT2D eigenvalue weighted by Crippen LogP contribution is 2.27. The average Bonchev–Trinajstić information content (AvgIpc) is 2.14. The van der Waals surface area contributed by atoms with Crippen LogP contribution in [0.25, 0.3) is 0 Å². The maximum Gasteiger partial charge on any atom is 0.0815 e. The molecule has 2 atom stereocenters. The van der Waals surface area contributed by atoms with Crippen molar-refractivity contribution in [3.8, 4) is 0 Å². The molecule has 78 valence electrons. The Balaban J connectivity index is 2.94. The van der Waals surface area contributed by atoms with Crippen LogP contribution < -0.4 is 0 Å². The minimum Gasteiger partial charge on any atom is -0.388 e. The second kappa shape index (κ2) is 4.94. The smallest absolute Gasteiger partial charge is 0.0815 e. The molecule has 0 aliphatic heterocycles. The van der Waals surface area contributed by atoms with Crippen molar-refractivity contribution < 1.29 is 5.11 Å². The Hall–Kier alpha value is -0.340. The van der Waals surface area contributed by atoms with E-state index in [0.29, 0.717) is 5.92 Å². The lowest BCUT2D eigenvalue weighted by Gasteiger charge is -2.18. The van der Waals surface area contributed by atoms with Gasteiger partial charge in [-0.25, -0.2) is 0 Å². The van der Waals surface area contributed by atoms with Gasteiger partial charge in [0.2, 0.25) is 0 Å². The Kier molecular flexibility index (Phi) is 4.14. The normalized spacial score (nSPS) is 15.2. The number of hydrogen-bond donors (Lipinski definition) is 1. The third-order valence-electron chi connectivity index (χ3n) is 2.59. The fourth-order valence-corrected chi connectivity index (χ4v) is 2.11.